The van der Waals surface area contributed by atoms with Gasteiger partial charge in [-0.1, -0.05) is 46.9 Å². The molecule has 0 bridgehead atoms. The van der Waals surface area contributed by atoms with Crippen molar-refractivity contribution >= 4 is 58.0 Å². The highest BCUT2D eigenvalue weighted by Crippen LogP contribution is 2.34. The molecule has 2 aromatic carbocycles. The Morgan fingerprint density at radius 2 is 1.68 bits per heavy atom. The van der Waals surface area contributed by atoms with Crippen molar-refractivity contribution in [3.63, 3.8) is 0 Å². The first-order valence-corrected chi connectivity index (χ1v) is 8.21. The first-order valence-electron chi connectivity index (χ1n) is 7.07. The Morgan fingerprint density at radius 1 is 0.960 bits per heavy atom. The summed E-state index contributed by atoms with van der Waals surface area (Å²) in [4.78, 5) is 26.1. The number of carbonyl (C=O) groups is 2. The number of para-hydroxylation sites is 2. The molecule has 128 valence electrons. The average molecular weight is 398 g/mol. The molecule has 0 unspecified atom stereocenters. The number of benzene rings is 2. The molecular weight excluding hydrogens is 387 g/mol. The third-order valence-corrected chi connectivity index (χ3v) is 4.65. The summed E-state index contributed by atoms with van der Waals surface area (Å²) in [5, 5.41) is 3.19. The highest BCUT2D eigenvalue weighted by atomic mass is 35.5. The van der Waals surface area contributed by atoms with Crippen LogP contribution in [0.3, 0.4) is 0 Å². The average Bonchev–Trinajstić information content (AvgIpc) is 2.81. The van der Waals surface area contributed by atoms with Crippen LogP contribution in [0.1, 0.15) is 0 Å². The molecule has 2 aromatic rings. The number of hydrogen-bond donors (Lipinski definition) is 1. The summed E-state index contributed by atoms with van der Waals surface area (Å²) in [6.07, 6.45) is 0. The number of halogens is 3. The third kappa shape index (κ3) is 3.18. The van der Waals surface area contributed by atoms with Crippen molar-refractivity contribution in [1.29, 1.82) is 0 Å². The number of imide groups is 1. The molecule has 0 fully saturated rings. The standard InChI is InChI=1S/C17H11Cl3N2O3/c1-25-13-5-3-2-4-12(13)21-15-14(20)16(23)22(17(15)24)9-6-7-10(18)11(19)8-9/h2-8,21H,1H3. The topological polar surface area (TPSA) is 58.6 Å². The van der Waals surface area contributed by atoms with Crippen LogP contribution in [-0.2, 0) is 9.59 Å². The van der Waals surface area contributed by atoms with Gasteiger partial charge in [0.2, 0.25) is 0 Å². The van der Waals surface area contributed by atoms with Crippen molar-refractivity contribution in [3.05, 3.63) is 63.2 Å². The Kier molecular flexibility index (Phi) is 4.90. The zero-order valence-electron chi connectivity index (χ0n) is 12.8. The van der Waals surface area contributed by atoms with Crippen molar-refractivity contribution in [1.82, 2.24) is 0 Å². The van der Waals surface area contributed by atoms with E-state index in [-0.39, 0.29) is 21.4 Å². The van der Waals surface area contributed by atoms with Crippen molar-refractivity contribution in [2.24, 2.45) is 0 Å². The normalized spacial score (nSPS) is 14.3. The van der Waals surface area contributed by atoms with E-state index in [0.717, 1.165) is 4.90 Å². The van der Waals surface area contributed by atoms with Gasteiger partial charge in [0, 0.05) is 0 Å². The van der Waals surface area contributed by atoms with Crippen molar-refractivity contribution in [2.45, 2.75) is 0 Å². The summed E-state index contributed by atoms with van der Waals surface area (Å²) in [7, 11) is 1.50. The maximum absolute atomic E-state index is 12.7. The van der Waals surface area contributed by atoms with E-state index in [4.69, 9.17) is 39.5 Å². The van der Waals surface area contributed by atoms with E-state index in [2.05, 4.69) is 5.32 Å². The first kappa shape index (κ1) is 17.6. The Balaban J connectivity index is 1.95. The summed E-state index contributed by atoms with van der Waals surface area (Å²) in [5.74, 6) is -0.741. The molecule has 1 heterocycles. The third-order valence-electron chi connectivity index (χ3n) is 3.56. The predicted molar refractivity (Wildman–Crippen MR) is 98.5 cm³/mol. The summed E-state index contributed by atoms with van der Waals surface area (Å²) < 4.78 is 5.22. The van der Waals surface area contributed by atoms with Crippen molar-refractivity contribution in [2.75, 3.05) is 17.3 Å². The minimum atomic E-state index is -0.651. The van der Waals surface area contributed by atoms with Crippen LogP contribution in [0, 0.1) is 0 Å². The van der Waals surface area contributed by atoms with Gasteiger partial charge in [-0.2, -0.15) is 0 Å². The Bertz CT molecular complexity index is 912. The Hall–Kier alpha value is -2.21. The number of carbonyl (C=O) groups excluding carboxylic acids is 2. The molecular formula is C17H11Cl3N2O3. The fourth-order valence-electron chi connectivity index (χ4n) is 2.35. The lowest BCUT2D eigenvalue weighted by atomic mass is 10.2. The monoisotopic (exact) mass is 396 g/mol. The van der Waals surface area contributed by atoms with Crippen LogP contribution in [-0.4, -0.2) is 18.9 Å². The van der Waals surface area contributed by atoms with Gasteiger partial charge in [-0.15, -0.1) is 0 Å². The molecule has 0 atom stereocenters. The van der Waals surface area contributed by atoms with E-state index in [0.29, 0.717) is 16.5 Å². The van der Waals surface area contributed by atoms with E-state index < -0.39 is 11.8 Å². The Labute approximate surface area is 158 Å². The summed E-state index contributed by atoms with van der Waals surface area (Å²) >= 11 is 17.9. The minimum absolute atomic E-state index is 0.0396. The van der Waals surface area contributed by atoms with Gasteiger partial charge < -0.3 is 10.1 Å². The molecule has 1 aliphatic heterocycles. The second-order valence-corrected chi connectivity index (χ2v) is 6.25. The predicted octanol–water partition coefficient (Wildman–Crippen LogP) is 4.44. The zero-order valence-corrected chi connectivity index (χ0v) is 15.1. The van der Waals surface area contributed by atoms with Gasteiger partial charge in [-0.3, -0.25) is 9.59 Å². The fraction of sp³-hybridized carbons (Fsp3) is 0.0588. The molecule has 1 N–H and O–H groups in total. The van der Waals surface area contributed by atoms with Crippen molar-refractivity contribution in [3.8, 4) is 5.75 Å². The number of anilines is 2. The highest BCUT2D eigenvalue weighted by molar-refractivity contribution is 6.53. The molecule has 0 saturated carbocycles. The van der Waals surface area contributed by atoms with Gasteiger partial charge in [0.1, 0.15) is 16.5 Å². The molecule has 2 amide bonds. The van der Waals surface area contributed by atoms with E-state index in [1.807, 2.05) is 0 Å². The largest absolute Gasteiger partial charge is 0.495 e. The first-order chi connectivity index (χ1) is 11.9. The van der Waals surface area contributed by atoms with Gasteiger partial charge in [0.25, 0.3) is 11.8 Å². The number of ether oxygens (including phenoxy) is 1. The van der Waals surface area contributed by atoms with Crippen LogP contribution < -0.4 is 15.0 Å². The molecule has 5 nitrogen and oxygen atoms in total. The van der Waals surface area contributed by atoms with Gasteiger partial charge in [0.15, 0.2) is 0 Å². The maximum Gasteiger partial charge on any atom is 0.283 e. The van der Waals surface area contributed by atoms with Gasteiger partial charge in [-0.25, -0.2) is 4.90 Å². The summed E-state index contributed by atoms with van der Waals surface area (Å²) in [6.45, 7) is 0. The van der Waals surface area contributed by atoms with Gasteiger partial charge >= 0.3 is 0 Å². The molecule has 0 spiro atoms. The van der Waals surface area contributed by atoms with E-state index in [1.165, 1.54) is 25.3 Å². The number of amides is 2. The van der Waals surface area contributed by atoms with Gasteiger partial charge in [-0.05, 0) is 30.3 Å². The second kappa shape index (κ2) is 6.96. The highest BCUT2D eigenvalue weighted by Gasteiger charge is 2.39. The number of rotatable bonds is 4. The molecule has 0 aliphatic carbocycles. The summed E-state index contributed by atoms with van der Waals surface area (Å²) in [6, 6.07) is 11.4. The second-order valence-electron chi connectivity index (χ2n) is 5.06. The molecule has 0 aromatic heterocycles. The summed E-state index contributed by atoms with van der Waals surface area (Å²) in [5.41, 5.74) is 0.747. The smallest absolute Gasteiger partial charge is 0.283 e. The zero-order chi connectivity index (χ0) is 18.1. The van der Waals surface area contributed by atoms with Crippen LogP contribution in [0.5, 0.6) is 5.75 Å². The van der Waals surface area contributed by atoms with Crippen LogP contribution in [0.2, 0.25) is 10.0 Å². The lowest BCUT2D eigenvalue weighted by Crippen LogP contribution is -2.32. The molecule has 1 aliphatic rings. The fourth-order valence-corrected chi connectivity index (χ4v) is 2.86. The lowest BCUT2D eigenvalue weighted by molar-refractivity contribution is -0.120. The van der Waals surface area contributed by atoms with E-state index in [9.17, 15) is 9.59 Å². The van der Waals surface area contributed by atoms with E-state index >= 15 is 0 Å². The molecule has 8 heteroatoms. The van der Waals surface area contributed by atoms with E-state index in [1.54, 1.807) is 24.3 Å². The molecule has 3 rings (SSSR count). The molecule has 0 saturated heterocycles. The van der Waals surface area contributed by atoms with Crippen LogP contribution in [0.25, 0.3) is 0 Å². The van der Waals surface area contributed by atoms with Crippen LogP contribution >= 0.6 is 34.8 Å². The van der Waals surface area contributed by atoms with Crippen molar-refractivity contribution < 1.29 is 14.3 Å². The Morgan fingerprint density at radius 3 is 2.36 bits per heavy atom. The van der Waals surface area contributed by atoms with Crippen LogP contribution in [0.4, 0.5) is 11.4 Å². The minimum Gasteiger partial charge on any atom is -0.495 e. The lowest BCUT2D eigenvalue weighted by Gasteiger charge is -2.16. The number of methoxy groups -OCH3 is 1. The number of nitrogens with one attached hydrogen (secondary N) is 1. The maximum atomic E-state index is 12.7. The SMILES string of the molecule is COc1ccccc1NC1=C(Cl)C(=O)N(c2ccc(Cl)c(Cl)c2)C1=O. The molecule has 0 radical (unpaired) electrons. The number of nitrogens with zero attached hydrogens (tertiary/aromatic N) is 1. The molecule has 25 heavy (non-hydrogen) atoms. The quantitative estimate of drug-likeness (QED) is 0.775. The van der Waals surface area contributed by atoms with Crippen LogP contribution in [0.15, 0.2) is 53.2 Å². The van der Waals surface area contributed by atoms with Gasteiger partial charge in [0.05, 0.1) is 28.5 Å². The number of hydrogen-bond acceptors (Lipinski definition) is 4.